The smallest absolute Gasteiger partial charge is 0.236 e. The van der Waals surface area contributed by atoms with Gasteiger partial charge in [0.05, 0.1) is 16.5 Å². The van der Waals surface area contributed by atoms with Gasteiger partial charge in [0.15, 0.2) is 0 Å². The quantitative estimate of drug-likeness (QED) is 0.632. The molecular formula is C14H10BrClN6OS. The molecule has 0 radical (unpaired) electrons. The fourth-order valence-electron chi connectivity index (χ4n) is 1.77. The Morgan fingerprint density at radius 1 is 1.25 bits per heavy atom. The zero-order valence-electron chi connectivity index (χ0n) is 12.1. The summed E-state index contributed by atoms with van der Waals surface area (Å²) in [5, 5.41) is 15.3. The molecule has 122 valence electrons. The number of nitrogens with one attached hydrogen (secondary N) is 1. The molecule has 3 aromatic rings. The zero-order chi connectivity index (χ0) is 16.9. The van der Waals surface area contributed by atoms with Crippen molar-refractivity contribution in [3.8, 4) is 5.69 Å². The molecule has 0 spiro atoms. The van der Waals surface area contributed by atoms with Gasteiger partial charge < -0.3 is 5.32 Å². The van der Waals surface area contributed by atoms with Crippen molar-refractivity contribution >= 4 is 51.0 Å². The van der Waals surface area contributed by atoms with E-state index >= 15 is 0 Å². The normalized spacial score (nSPS) is 10.6. The first-order valence-corrected chi connectivity index (χ1v) is 8.86. The van der Waals surface area contributed by atoms with Crippen molar-refractivity contribution in [2.45, 2.75) is 5.16 Å². The molecule has 2 aromatic heterocycles. The topological polar surface area (TPSA) is 85.6 Å². The molecule has 3 rings (SSSR count). The number of pyridine rings is 1. The third-order valence-electron chi connectivity index (χ3n) is 2.84. The highest BCUT2D eigenvalue weighted by molar-refractivity contribution is 9.10. The van der Waals surface area contributed by atoms with E-state index in [0.29, 0.717) is 16.0 Å². The number of carbonyl (C=O) groups excluding carboxylic acids is 1. The van der Waals surface area contributed by atoms with Crippen molar-refractivity contribution in [1.82, 2.24) is 25.2 Å². The largest absolute Gasteiger partial charge is 0.310 e. The molecule has 0 atom stereocenters. The number of halogens is 2. The Balaban J connectivity index is 1.63. The number of rotatable bonds is 5. The molecule has 10 heteroatoms. The van der Waals surface area contributed by atoms with Gasteiger partial charge in [0.25, 0.3) is 0 Å². The van der Waals surface area contributed by atoms with Crippen LogP contribution in [-0.4, -0.2) is 36.9 Å². The summed E-state index contributed by atoms with van der Waals surface area (Å²) in [6, 6.07) is 10.8. The molecule has 1 amide bonds. The number of nitrogens with zero attached hydrogens (tertiary/aromatic N) is 5. The molecule has 0 saturated carbocycles. The summed E-state index contributed by atoms with van der Waals surface area (Å²) in [7, 11) is 0. The summed E-state index contributed by atoms with van der Waals surface area (Å²) in [6.07, 6.45) is 1.47. The molecule has 0 saturated heterocycles. The number of anilines is 1. The van der Waals surface area contributed by atoms with E-state index in [9.17, 15) is 4.79 Å². The van der Waals surface area contributed by atoms with Crippen molar-refractivity contribution in [2.75, 3.05) is 11.1 Å². The number of thioether (sulfide) groups is 1. The second-order valence-electron chi connectivity index (χ2n) is 4.55. The van der Waals surface area contributed by atoms with Crippen molar-refractivity contribution in [3.05, 3.63) is 52.1 Å². The molecule has 0 aliphatic heterocycles. The van der Waals surface area contributed by atoms with Gasteiger partial charge in [0.2, 0.25) is 11.1 Å². The number of tetrazole rings is 1. The maximum Gasteiger partial charge on any atom is 0.236 e. The van der Waals surface area contributed by atoms with Gasteiger partial charge in [-0.15, -0.1) is 5.10 Å². The molecule has 2 heterocycles. The first kappa shape index (κ1) is 16.9. The van der Waals surface area contributed by atoms with E-state index in [1.165, 1.54) is 18.0 Å². The maximum atomic E-state index is 12.0. The SMILES string of the molecule is O=C(CSc1nnnn1-c1ccc(Br)cc1)Nc1ccc(Cl)cn1. The minimum atomic E-state index is -0.208. The first-order chi connectivity index (χ1) is 11.6. The highest BCUT2D eigenvalue weighted by Gasteiger charge is 2.12. The zero-order valence-corrected chi connectivity index (χ0v) is 15.2. The summed E-state index contributed by atoms with van der Waals surface area (Å²) in [6.45, 7) is 0. The van der Waals surface area contributed by atoms with E-state index in [0.717, 1.165) is 10.2 Å². The molecule has 24 heavy (non-hydrogen) atoms. The van der Waals surface area contributed by atoms with Crippen molar-refractivity contribution in [2.24, 2.45) is 0 Å². The summed E-state index contributed by atoms with van der Waals surface area (Å²) in [5.74, 6) is 0.388. The van der Waals surface area contributed by atoms with E-state index in [4.69, 9.17) is 11.6 Å². The van der Waals surface area contributed by atoms with Crippen LogP contribution in [0.2, 0.25) is 5.02 Å². The predicted octanol–water partition coefficient (Wildman–Crippen LogP) is 3.20. The lowest BCUT2D eigenvalue weighted by Gasteiger charge is -2.05. The number of benzene rings is 1. The third kappa shape index (κ3) is 4.31. The maximum absolute atomic E-state index is 12.0. The van der Waals surface area contributed by atoms with Crippen LogP contribution < -0.4 is 5.32 Å². The van der Waals surface area contributed by atoms with E-state index in [2.05, 4.69) is 41.8 Å². The highest BCUT2D eigenvalue weighted by atomic mass is 79.9. The predicted molar refractivity (Wildman–Crippen MR) is 95.5 cm³/mol. The Morgan fingerprint density at radius 2 is 2.04 bits per heavy atom. The number of hydrogen-bond acceptors (Lipinski definition) is 6. The van der Waals surface area contributed by atoms with Gasteiger partial charge in [-0.2, -0.15) is 4.68 Å². The second kappa shape index (κ2) is 7.73. The lowest BCUT2D eigenvalue weighted by atomic mass is 10.3. The van der Waals surface area contributed by atoms with Crippen LogP contribution in [0.25, 0.3) is 5.69 Å². The Labute approximate surface area is 154 Å². The van der Waals surface area contributed by atoms with E-state index in [-0.39, 0.29) is 11.7 Å². The fraction of sp³-hybridized carbons (Fsp3) is 0.0714. The lowest BCUT2D eigenvalue weighted by Crippen LogP contribution is -2.15. The summed E-state index contributed by atoms with van der Waals surface area (Å²) < 4.78 is 2.54. The van der Waals surface area contributed by atoms with Crippen LogP contribution in [-0.2, 0) is 4.79 Å². The van der Waals surface area contributed by atoms with Crippen molar-refractivity contribution in [3.63, 3.8) is 0 Å². The van der Waals surface area contributed by atoms with Gasteiger partial charge in [0.1, 0.15) is 5.82 Å². The summed E-state index contributed by atoms with van der Waals surface area (Å²) in [4.78, 5) is 16.0. The highest BCUT2D eigenvalue weighted by Crippen LogP contribution is 2.20. The Hall–Kier alpha value is -1.97. The molecule has 7 nitrogen and oxygen atoms in total. The molecule has 0 fully saturated rings. The van der Waals surface area contributed by atoms with Gasteiger partial charge in [-0.3, -0.25) is 4.79 Å². The number of hydrogen-bond donors (Lipinski definition) is 1. The third-order valence-corrected chi connectivity index (χ3v) is 4.51. The summed E-state index contributed by atoms with van der Waals surface area (Å²) >= 11 is 10.4. The lowest BCUT2D eigenvalue weighted by molar-refractivity contribution is -0.113. The molecule has 1 aromatic carbocycles. The average molecular weight is 426 g/mol. The minimum Gasteiger partial charge on any atom is -0.310 e. The van der Waals surface area contributed by atoms with Crippen LogP contribution in [0.1, 0.15) is 0 Å². The Morgan fingerprint density at radius 3 is 2.75 bits per heavy atom. The Bertz CT molecular complexity index is 839. The van der Waals surface area contributed by atoms with Crippen LogP contribution in [0.15, 0.2) is 52.2 Å². The van der Waals surface area contributed by atoms with E-state index in [1.54, 1.807) is 16.8 Å². The summed E-state index contributed by atoms with van der Waals surface area (Å²) in [5.41, 5.74) is 0.811. The van der Waals surface area contributed by atoms with Gasteiger partial charge in [-0.05, 0) is 46.8 Å². The first-order valence-electron chi connectivity index (χ1n) is 6.70. The molecule has 0 aliphatic carbocycles. The van der Waals surface area contributed by atoms with E-state index < -0.39 is 0 Å². The van der Waals surface area contributed by atoms with Crippen LogP contribution in [0.5, 0.6) is 0 Å². The van der Waals surface area contributed by atoms with E-state index in [1.807, 2.05) is 24.3 Å². The second-order valence-corrected chi connectivity index (χ2v) is 6.84. The van der Waals surface area contributed by atoms with Gasteiger partial charge in [-0.25, -0.2) is 4.98 Å². The van der Waals surface area contributed by atoms with Gasteiger partial charge in [-0.1, -0.05) is 39.3 Å². The van der Waals surface area contributed by atoms with Crippen LogP contribution >= 0.6 is 39.3 Å². The minimum absolute atomic E-state index is 0.154. The standard InChI is InChI=1S/C14H10BrClN6OS/c15-9-1-4-11(5-2-9)22-14(19-20-21-22)24-8-13(23)18-12-6-3-10(16)7-17-12/h1-7H,8H2,(H,17,18,23). The number of amides is 1. The molecule has 0 unspecified atom stereocenters. The monoisotopic (exact) mass is 424 g/mol. The fourth-order valence-corrected chi connectivity index (χ4v) is 2.84. The number of carbonyl (C=O) groups is 1. The van der Waals surface area contributed by atoms with Crippen LogP contribution in [0, 0.1) is 0 Å². The van der Waals surface area contributed by atoms with Crippen molar-refractivity contribution < 1.29 is 4.79 Å². The van der Waals surface area contributed by atoms with Crippen molar-refractivity contribution in [1.29, 1.82) is 0 Å². The van der Waals surface area contributed by atoms with Crippen LogP contribution in [0.4, 0.5) is 5.82 Å². The van der Waals surface area contributed by atoms with Gasteiger partial charge >= 0.3 is 0 Å². The Kier molecular flexibility index (Phi) is 5.44. The van der Waals surface area contributed by atoms with Gasteiger partial charge in [0, 0.05) is 10.7 Å². The molecule has 1 N–H and O–H groups in total. The number of aromatic nitrogens is 5. The van der Waals surface area contributed by atoms with Crippen LogP contribution in [0.3, 0.4) is 0 Å². The molecular weight excluding hydrogens is 416 g/mol. The molecule has 0 bridgehead atoms. The average Bonchev–Trinajstić information content (AvgIpc) is 3.04. The molecule has 0 aliphatic rings.